The van der Waals surface area contributed by atoms with Crippen molar-refractivity contribution >= 4 is 23.2 Å². The first kappa shape index (κ1) is 15.3. The van der Waals surface area contributed by atoms with Crippen molar-refractivity contribution in [3.8, 4) is 0 Å². The third kappa shape index (κ3) is 4.22. The van der Waals surface area contributed by atoms with Crippen LogP contribution in [0.5, 0.6) is 0 Å². The molecular formula is C16H17Cl2NO. The van der Waals surface area contributed by atoms with Crippen molar-refractivity contribution in [3.05, 3.63) is 69.2 Å². The maximum absolute atomic E-state index is 6.15. The summed E-state index contributed by atoms with van der Waals surface area (Å²) >= 11 is 12.1. The summed E-state index contributed by atoms with van der Waals surface area (Å²) in [5, 5.41) is 4.58. The summed E-state index contributed by atoms with van der Waals surface area (Å²) in [5.41, 5.74) is 3.40. The summed E-state index contributed by atoms with van der Waals surface area (Å²) in [5.74, 6) is 0. The topological polar surface area (TPSA) is 21.3 Å². The molecule has 0 fully saturated rings. The van der Waals surface area contributed by atoms with E-state index in [9.17, 15) is 0 Å². The van der Waals surface area contributed by atoms with Crippen molar-refractivity contribution in [1.82, 2.24) is 5.32 Å². The van der Waals surface area contributed by atoms with E-state index in [-0.39, 0.29) is 0 Å². The molecule has 1 N–H and O–H groups in total. The molecule has 0 bridgehead atoms. The molecule has 0 heterocycles. The molecule has 0 spiro atoms. The molecule has 2 aromatic carbocycles. The van der Waals surface area contributed by atoms with Gasteiger partial charge in [0.15, 0.2) is 0 Å². The number of rotatable bonds is 6. The van der Waals surface area contributed by atoms with Crippen LogP contribution in [0.15, 0.2) is 42.5 Å². The second-order valence-electron chi connectivity index (χ2n) is 4.57. The molecule has 2 aromatic rings. The van der Waals surface area contributed by atoms with Gasteiger partial charge in [0.25, 0.3) is 0 Å². The minimum atomic E-state index is 0.591. The van der Waals surface area contributed by atoms with E-state index in [0.29, 0.717) is 23.2 Å². The van der Waals surface area contributed by atoms with Crippen molar-refractivity contribution in [2.24, 2.45) is 0 Å². The Kier molecular flexibility index (Phi) is 5.86. The van der Waals surface area contributed by atoms with Crippen LogP contribution in [0.1, 0.15) is 16.7 Å². The third-order valence-corrected chi connectivity index (χ3v) is 3.84. The predicted octanol–water partition coefficient (Wildman–Crippen LogP) is 4.43. The first-order chi connectivity index (χ1) is 9.70. The average Bonchev–Trinajstić information content (AvgIpc) is 2.44. The Morgan fingerprint density at radius 1 is 1.00 bits per heavy atom. The number of hydrogen-bond donors (Lipinski definition) is 1. The standard InChI is InChI=1S/C16H17Cl2NO/c1-20-11-13-5-2-4-12(8-13)9-19-10-14-6-3-7-15(17)16(14)18/h2-8,19H,9-11H2,1H3. The molecule has 0 unspecified atom stereocenters. The van der Waals surface area contributed by atoms with Crippen LogP contribution in [0.4, 0.5) is 0 Å². The molecule has 0 atom stereocenters. The minimum absolute atomic E-state index is 0.591. The van der Waals surface area contributed by atoms with Crippen LogP contribution in [0.3, 0.4) is 0 Å². The zero-order valence-corrected chi connectivity index (χ0v) is 12.8. The van der Waals surface area contributed by atoms with Crippen LogP contribution in [0.25, 0.3) is 0 Å². The van der Waals surface area contributed by atoms with Gasteiger partial charge in [-0.1, -0.05) is 59.6 Å². The third-order valence-electron chi connectivity index (χ3n) is 2.98. The van der Waals surface area contributed by atoms with Gasteiger partial charge in [-0.15, -0.1) is 0 Å². The Morgan fingerprint density at radius 3 is 2.55 bits per heavy atom. The largest absolute Gasteiger partial charge is 0.380 e. The molecule has 0 saturated carbocycles. The molecule has 0 amide bonds. The predicted molar refractivity (Wildman–Crippen MR) is 84.2 cm³/mol. The monoisotopic (exact) mass is 309 g/mol. The average molecular weight is 310 g/mol. The van der Waals surface area contributed by atoms with E-state index >= 15 is 0 Å². The van der Waals surface area contributed by atoms with Gasteiger partial charge in [-0.25, -0.2) is 0 Å². The number of halogens is 2. The Hall–Kier alpha value is -1.06. The van der Waals surface area contributed by atoms with Crippen molar-refractivity contribution in [2.75, 3.05) is 7.11 Å². The zero-order chi connectivity index (χ0) is 14.4. The molecule has 2 nitrogen and oxygen atoms in total. The van der Waals surface area contributed by atoms with E-state index in [4.69, 9.17) is 27.9 Å². The van der Waals surface area contributed by atoms with Crippen LogP contribution in [-0.2, 0) is 24.4 Å². The molecule has 0 saturated heterocycles. The fourth-order valence-corrected chi connectivity index (χ4v) is 2.41. The number of benzene rings is 2. The van der Waals surface area contributed by atoms with E-state index < -0.39 is 0 Å². The molecule has 20 heavy (non-hydrogen) atoms. The summed E-state index contributed by atoms with van der Waals surface area (Å²) in [6, 6.07) is 14.0. The van der Waals surface area contributed by atoms with Gasteiger partial charge in [0.2, 0.25) is 0 Å². The van der Waals surface area contributed by atoms with Gasteiger partial charge < -0.3 is 10.1 Å². The Balaban J connectivity index is 1.92. The Morgan fingerprint density at radius 2 is 1.75 bits per heavy atom. The normalized spacial score (nSPS) is 10.8. The summed E-state index contributed by atoms with van der Waals surface area (Å²) in [7, 11) is 1.70. The van der Waals surface area contributed by atoms with E-state index in [1.807, 2.05) is 18.2 Å². The highest BCUT2D eigenvalue weighted by Gasteiger charge is 2.03. The van der Waals surface area contributed by atoms with Gasteiger partial charge in [0.1, 0.15) is 0 Å². The van der Waals surface area contributed by atoms with E-state index in [1.54, 1.807) is 13.2 Å². The fourth-order valence-electron chi connectivity index (χ4n) is 2.02. The number of hydrogen-bond acceptors (Lipinski definition) is 2. The maximum Gasteiger partial charge on any atom is 0.0713 e. The highest BCUT2D eigenvalue weighted by molar-refractivity contribution is 6.42. The van der Waals surface area contributed by atoms with Crippen LogP contribution >= 0.6 is 23.2 Å². The smallest absolute Gasteiger partial charge is 0.0713 e. The SMILES string of the molecule is COCc1cccc(CNCc2cccc(Cl)c2Cl)c1. The lowest BCUT2D eigenvalue weighted by atomic mass is 10.1. The second-order valence-corrected chi connectivity index (χ2v) is 5.35. The number of methoxy groups -OCH3 is 1. The summed E-state index contributed by atoms with van der Waals surface area (Å²) in [6.07, 6.45) is 0. The molecule has 0 radical (unpaired) electrons. The highest BCUT2D eigenvalue weighted by Crippen LogP contribution is 2.25. The van der Waals surface area contributed by atoms with Crippen molar-refractivity contribution < 1.29 is 4.74 Å². The van der Waals surface area contributed by atoms with Gasteiger partial charge in [0, 0.05) is 20.2 Å². The van der Waals surface area contributed by atoms with Crippen molar-refractivity contribution in [3.63, 3.8) is 0 Å². The quantitative estimate of drug-likeness (QED) is 0.852. The molecule has 0 aromatic heterocycles. The maximum atomic E-state index is 6.15. The summed E-state index contributed by atoms with van der Waals surface area (Å²) in [4.78, 5) is 0. The zero-order valence-electron chi connectivity index (χ0n) is 11.3. The molecule has 0 aliphatic carbocycles. The molecule has 4 heteroatoms. The second kappa shape index (κ2) is 7.65. The minimum Gasteiger partial charge on any atom is -0.380 e. The lowest BCUT2D eigenvalue weighted by Gasteiger charge is -2.09. The lowest BCUT2D eigenvalue weighted by molar-refractivity contribution is 0.185. The van der Waals surface area contributed by atoms with E-state index in [2.05, 4.69) is 23.5 Å². The lowest BCUT2D eigenvalue weighted by Crippen LogP contribution is -2.13. The van der Waals surface area contributed by atoms with Crippen LogP contribution in [0, 0.1) is 0 Å². The van der Waals surface area contributed by atoms with Crippen LogP contribution in [0.2, 0.25) is 10.0 Å². The molecular weight excluding hydrogens is 293 g/mol. The van der Waals surface area contributed by atoms with Gasteiger partial charge in [-0.3, -0.25) is 0 Å². The number of ether oxygens (including phenoxy) is 1. The van der Waals surface area contributed by atoms with Crippen molar-refractivity contribution in [1.29, 1.82) is 0 Å². The van der Waals surface area contributed by atoms with E-state index in [1.165, 1.54) is 11.1 Å². The van der Waals surface area contributed by atoms with Gasteiger partial charge in [-0.05, 0) is 22.8 Å². The fraction of sp³-hybridized carbons (Fsp3) is 0.250. The van der Waals surface area contributed by atoms with Crippen LogP contribution in [-0.4, -0.2) is 7.11 Å². The summed E-state index contributed by atoms with van der Waals surface area (Å²) < 4.78 is 5.13. The molecule has 106 valence electrons. The number of nitrogens with one attached hydrogen (secondary N) is 1. The Bertz CT molecular complexity index is 572. The van der Waals surface area contributed by atoms with E-state index in [0.717, 1.165) is 12.1 Å². The summed E-state index contributed by atoms with van der Waals surface area (Å²) in [6.45, 7) is 2.10. The van der Waals surface area contributed by atoms with Gasteiger partial charge in [0.05, 0.1) is 16.7 Å². The van der Waals surface area contributed by atoms with Gasteiger partial charge in [-0.2, -0.15) is 0 Å². The van der Waals surface area contributed by atoms with Crippen molar-refractivity contribution in [2.45, 2.75) is 19.7 Å². The molecule has 0 aliphatic heterocycles. The first-order valence-corrected chi connectivity index (χ1v) is 7.16. The highest BCUT2D eigenvalue weighted by atomic mass is 35.5. The molecule has 2 rings (SSSR count). The Labute approximate surface area is 129 Å². The van der Waals surface area contributed by atoms with Gasteiger partial charge >= 0.3 is 0 Å². The van der Waals surface area contributed by atoms with Crippen LogP contribution < -0.4 is 5.32 Å². The molecule has 0 aliphatic rings. The first-order valence-electron chi connectivity index (χ1n) is 6.41.